The van der Waals surface area contributed by atoms with Crippen LogP contribution in [0.3, 0.4) is 0 Å². The molecule has 19 heavy (non-hydrogen) atoms. The Balaban J connectivity index is 3.07. The van der Waals surface area contributed by atoms with Crippen molar-refractivity contribution in [3.63, 3.8) is 0 Å². The average molecular weight is 303 g/mol. The van der Waals surface area contributed by atoms with Crippen molar-refractivity contribution in [2.24, 2.45) is 5.14 Å². The fourth-order valence-corrected chi connectivity index (χ4v) is 3.41. The van der Waals surface area contributed by atoms with Gasteiger partial charge >= 0.3 is 0 Å². The third-order valence-corrected chi connectivity index (χ3v) is 4.79. The molecule has 0 bridgehead atoms. The topological polar surface area (TPSA) is 89.4 Å². The molecule has 4 N–H and O–H groups in total. The van der Waals surface area contributed by atoms with E-state index in [1.165, 1.54) is 6.07 Å². The molecule has 0 heterocycles. The lowest BCUT2D eigenvalue weighted by Crippen LogP contribution is -2.33. The molecule has 0 amide bonds. The van der Waals surface area contributed by atoms with Gasteiger partial charge in [-0.05, 0) is 30.9 Å². The molecule has 1 unspecified atom stereocenters. The molecule has 0 aliphatic carbocycles. The van der Waals surface area contributed by atoms with Crippen molar-refractivity contribution in [1.82, 2.24) is 0 Å². The molecule has 1 aromatic carbocycles. The minimum absolute atomic E-state index is 0.0254. The number of hydrogen-bond donors (Lipinski definition) is 2. The first-order valence-corrected chi connectivity index (χ1v) is 8.89. The first-order valence-electron chi connectivity index (χ1n) is 5.95. The molecule has 108 valence electrons. The highest BCUT2D eigenvalue weighted by molar-refractivity contribution is 7.98. The summed E-state index contributed by atoms with van der Waals surface area (Å²) in [5.41, 5.74) is 6.85. The van der Waals surface area contributed by atoms with Crippen LogP contribution in [0.4, 0.5) is 11.4 Å². The Morgan fingerprint density at radius 1 is 1.42 bits per heavy atom. The van der Waals surface area contributed by atoms with Gasteiger partial charge in [0.2, 0.25) is 10.0 Å². The van der Waals surface area contributed by atoms with Gasteiger partial charge in [-0.3, -0.25) is 0 Å². The number of nitrogens with two attached hydrogens (primary N) is 2. The van der Waals surface area contributed by atoms with Crippen LogP contribution in [0.2, 0.25) is 0 Å². The fraction of sp³-hybridized carbons (Fsp3) is 0.500. The Bertz CT molecular complexity index is 532. The third-order valence-electron chi connectivity index (χ3n) is 3.09. The van der Waals surface area contributed by atoms with Crippen LogP contribution in [0.15, 0.2) is 23.1 Å². The Hall–Kier alpha value is -0.920. The Labute approximate surface area is 119 Å². The molecule has 0 saturated heterocycles. The summed E-state index contributed by atoms with van der Waals surface area (Å²) in [7, 11) is -1.78. The van der Waals surface area contributed by atoms with Crippen molar-refractivity contribution in [2.45, 2.75) is 24.3 Å². The molecule has 1 atom stereocenters. The molecule has 0 aliphatic heterocycles. The number of anilines is 2. The van der Waals surface area contributed by atoms with Crippen molar-refractivity contribution in [1.29, 1.82) is 0 Å². The van der Waals surface area contributed by atoms with Crippen LogP contribution in [0, 0.1) is 0 Å². The second-order valence-corrected chi connectivity index (χ2v) is 6.84. The summed E-state index contributed by atoms with van der Waals surface area (Å²) in [5, 5.41) is 5.09. The van der Waals surface area contributed by atoms with Gasteiger partial charge in [-0.2, -0.15) is 11.8 Å². The van der Waals surface area contributed by atoms with Gasteiger partial charge in [-0.25, -0.2) is 13.6 Å². The number of sulfonamides is 1. The number of primary sulfonamides is 1. The normalized spacial score (nSPS) is 13.3. The largest absolute Gasteiger partial charge is 0.398 e. The van der Waals surface area contributed by atoms with Crippen LogP contribution in [-0.4, -0.2) is 33.5 Å². The maximum atomic E-state index is 11.3. The third kappa shape index (κ3) is 4.02. The van der Waals surface area contributed by atoms with Gasteiger partial charge in [0.15, 0.2) is 0 Å². The lowest BCUT2D eigenvalue weighted by molar-refractivity contribution is 0.598. The van der Waals surface area contributed by atoms with Crippen LogP contribution >= 0.6 is 11.8 Å². The molecule has 1 aromatic rings. The molecule has 0 aromatic heterocycles. The highest BCUT2D eigenvalue weighted by Gasteiger charge is 2.16. The first-order chi connectivity index (χ1) is 8.81. The van der Waals surface area contributed by atoms with Gasteiger partial charge in [0.05, 0.1) is 5.69 Å². The van der Waals surface area contributed by atoms with E-state index in [-0.39, 0.29) is 10.6 Å². The van der Waals surface area contributed by atoms with E-state index in [0.29, 0.717) is 6.04 Å². The van der Waals surface area contributed by atoms with Crippen LogP contribution in [0.25, 0.3) is 0 Å². The van der Waals surface area contributed by atoms with Crippen LogP contribution in [0.1, 0.15) is 13.3 Å². The summed E-state index contributed by atoms with van der Waals surface area (Å²) >= 11 is 1.78. The zero-order valence-corrected chi connectivity index (χ0v) is 13.1. The summed E-state index contributed by atoms with van der Waals surface area (Å²) in [6.45, 7) is 2.12. The predicted octanol–water partition coefficient (Wildman–Crippen LogP) is 1.49. The maximum Gasteiger partial charge on any atom is 0.240 e. The van der Waals surface area contributed by atoms with E-state index in [4.69, 9.17) is 10.9 Å². The van der Waals surface area contributed by atoms with Gasteiger partial charge in [0.1, 0.15) is 4.90 Å². The summed E-state index contributed by atoms with van der Waals surface area (Å²) in [6, 6.07) is 5.24. The number of rotatable bonds is 6. The van der Waals surface area contributed by atoms with E-state index in [9.17, 15) is 8.42 Å². The van der Waals surface area contributed by atoms with Gasteiger partial charge in [0, 0.05) is 24.5 Å². The average Bonchev–Trinajstić information content (AvgIpc) is 2.33. The standard InChI is InChI=1S/C12H21N3O2S2/c1-4-9(8-18-3)15(2)10-5-6-12(11(13)7-10)19(14,16)17/h5-7,9H,4,8,13H2,1-3H3,(H2,14,16,17). The quantitative estimate of drug-likeness (QED) is 0.777. The van der Waals surface area contributed by atoms with E-state index in [0.717, 1.165) is 17.9 Å². The van der Waals surface area contributed by atoms with Gasteiger partial charge in [-0.15, -0.1) is 0 Å². The lowest BCUT2D eigenvalue weighted by atomic mass is 10.2. The number of nitrogens with zero attached hydrogens (tertiary/aromatic N) is 1. The number of nitrogen functional groups attached to an aromatic ring is 1. The molecule has 0 spiro atoms. The minimum atomic E-state index is -3.76. The Morgan fingerprint density at radius 3 is 2.47 bits per heavy atom. The molecular formula is C12H21N3O2S2. The zero-order chi connectivity index (χ0) is 14.6. The molecule has 7 heteroatoms. The fourth-order valence-electron chi connectivity index (χ4n) is 1.92. The summed E-state index contributed by atoms with van der Waals surface area (Å²) < 4.78 is 22.6. The van der Waals surface area contributed by atoms with Crippen molar-refractivity contribution in [3.05, 3.63) is 18.2 Å². The highest BCUT2D eigenvalue weighted by atomic mass is 32.2. The minimum Gasteiger partial charge on any atom is -0.398 e. The highest BCUT2D eigenvalue weighted by Crippen LogP contribution is 2.25. The van der Waals surface area contributed by atoms with E-state index in [1.54, 1.807) is 23.9 Å². The first kappa shape index (κ1) is 16.1. The van der Waals surface area contributed by atoms with Gasteiger partial charge in [0.25, 0.3) is 0 Å². The van der Waals surface area contributed by atoms with Crippen LogP contribution in [-0.2, 0) is 10.0 Å². The summed E-state index contributed by atoms with van der Waals surface area (Å²) in [5.74, 6) is 1.00. The van der Waals surface area contributed by atoms with E-state index < -0.39 is 10.0 Å². The summed E-state index contributed by atoms with van der Waals surface area (Å²) in [6.07, 6.45) is 3.07. The van der Waals surface area contributed by atoms with Gasteiger partial charge < -0.3 is 10.6 Å². The van der Waals surface area contributed by atoms with Crippen molar-refractivity contribution >= 4 is 33.2 Å². The second kappa shape index (κ2) is 6.49. The number of hydrogen-bond acceptors (Lipinski definition) is 5. The predicted molar refractivity (Wildman–Crippen MR) is 83.1 cm³/mol. The molecular weight excluding hydrogens is 282 g/mol. The second-order valence-electron chi connectivity index (χ2n) is 4.40. The molecule has 0 radical (unpaired) electrons. The SMILES string of the molecule is CCC(CSC)N(C)c1ccc(S(N)(=O)=O)c(N)c1. The monoisotopic (exact) mass is 303 g/mol. The number of benzene rings is 1. The van der Waals surface area contributed by atoms with Crippen LogP contribution < -0.4 is 15.8 Å². The van der Waals surface area contributed by atoms with Crippen LogP contribution in [0.5, 0.6) is 0 Å². The van der Waals surface area contributed by atoms with E-state index in [2.05, 4.69) is 18.1 Å². The van der Waals surface area contributed by atoms with Crippen molar-refractivity contribution < 1.29 is 8.42 Å². The lowest BCUT2D eigenvalue weighted by Gasteiger charge is -2.29. The summed E-state index contributed by atoms with van der Waals surface area (Å²) in [4.78, 5) is 2.09. The van der Waals surface area contributed by atoms with Gasteiger partial charge in [-0.1, -0.05) is 6.92 Å². The molecule has 5 nitrogen and oxygen atoms in total. The van der Waals surface area contributed by atoms with Crippen molar-refractivity contribution in [2.75, 3.05) is 29.7 Å². The van der Waals surface area contributed by atoms with E-state index in [1.807, 2.05) is 7.05 Å². The molecule has 1 rings (SSSR count). The molecule has 0 aliphatic rings. The molecule has 0 saturated carbocycles. The Morgan fingerprint density at radius 2 is 2.05 bits per heavy atom. The molecule has 0 fully saturated rings. The smallest absolute Gasteiger partial charge is 0.240 e. The number of thioether (sulfide) groups is 1. The van der Waals surface area contributed by atoms with E-state index >= 15 is 0 Å². The van der Waals surface area contributed by atoms with Crippen molar-refractivity contribution in [3.8, 4) is 0 Å². The maximum absolute atomic E-state index is 11.3. The zero-order valence-electron chi connectivity index (χ0n) is 11.5. The Kier molecular flexibility index (Phi) is 5.51.